The SMILES string of the molecule is c1ccc(N2B3c4ccc(-n5c6ccccc6c6ccccc65)cc4Oc4cc(-c5cccc(-n6c7ccccc7c7ccccc76)c5)cc(c43)-c3ccccc32)cc1. The summed E-state index contributed by atoms with van der Waals surface area (Å²) in [6.07, 6.45) is 0. The summed E-state index contributed by atoms with van der Waals surface area (Å²) in [5, 5.41) is 4.99. The highest BCUT2D eigenvalue weighted by Gasteiger charge is 2.44. The van der Waals surface area contributed by atoms with Gasteiger partial charge in [0.15, 0.2) is 0 Å². The van der Waals surface area contributed by atoms with Gasteiger partial charge in [0.05, 0.1) is 22.1 Å². The van der Waals surface area contributed by atoms with Crippen LogP contribution in [-0.4, -0.2) is 16.0 Å². The van der Waals surface area contributed by atoms with E-state index >= 15 is 0 Å². The van der Waals surface area contributed by atoms with Crippen LogP contribution >= 0.6 is 0 Å². The van der Waals surface area contributed by atoms with E-state index in [2.05, 4.69) is 220 Å². The van der Waals surface area contributed by atoms with Crippen molar-refractivity contribution in [2.75, 3.05) is 4.81 Å². The first-order valence-electron chi connectivity index (χ1n) is 20.3. The van der Waals surface area contributed by atoms with Gasteiger partial charge in [-0.25, -0.2) is 0 Å². The van der Waals surface area contributed by atoms with Crippen LogP contribution in [0.25, 0.3) is 77.2 Å². The van der Waals surface area contributed by atoms with Gasteiger partial charge in [0.25, 0.3) is 0 Å². The van der Waals surface area contributed by atoms with Crippen molar-refractivity contribution in [2.45, 2.75) is 0 Å². The summed E-state index contributed by atoms with van der Waals surface area (Å²) in [6.45, 7) is -0.105. The average molecular weight is 752 g/mol. The summed E-state index contributed by atoms with van der Waals surface area (Å²) in [7, 11) is 0. The molecular formula is C54H34BN3O. The van der Waals surface area contributed by atoms with Crippen molar-refractivity contribution in [1.82, 2.24) is 9.13 Å². The lowest BCUT2D eigenvalue weighted by Gasteiger charge is -2.42. The van der Waals surface area contributed by atoms with Gasteiger partial charge < -0.3 is 18.7 Å². The molecule has 0 saturated carbocycles. The molecule has 2 aliphatic rings. The van der Waals surface area contributed by atoms with Crippen molar-refractivity contribution >= 4 is 72.8 Å². The molecule has 4 nitrogen and oxygen atoms in total. The second-order valence-electron chi connectivity index (χ2n) is 15.7. The zero-order valence-corrected chi connectivity index (χ0v) is 32.0. The van der Waals surface area contributed by atoms with E-state index in [0.29, 0.717) is 0 Å². The first-order chi connectivity index (χ1) is 29.3. The standard InChI is InChI=1S/C54H34BN3O/c1-2-16-37(17-3-1)58-51-28-13-8-23-44(51)45-32-36(35-15-14-18-38(31-35)56-47-24-9-4-19-40(47)41-20-5-10-25-48(41)56)33-53-54(45)55(58)46-30-29-39(34-52(46)59-53)57-49-26-11-6-21-42(49)43-22-7-12-27-50(43)57/h1-34H. The van der Waals surface area contributed by atoms with Crippen LogP contribution in [0.5, 0.6) is 11.5 Å². The Bertz CT molecular complexity index is 3400. The van der Waals surface area contributed by atoms with Crippen molar-refractivity contribution in [3.63, 3.8) is 0 Å². The fraction of sp³-hybridized carbons (Fsp3) is 0. The van der Waals surface area contributed by atoms with Crippen LogP contribution in [0.15, 0.2) is 206 Å². The number of para-hydroxylation sites is 6. The van der Waals surface area contributed by atoms with E-state index in [9.17, 15) is 0 Å². The molecule has 11 aromatic rings. The first kappa shape index (κ1) is 32.3. The smallest absolute Gasteiger partial charge is 0.336 e. The lowest BCUT2D eigenvalue weighted by molar-refractivity contribution is 0.487. The second-order valence-corrected chi connectivity index (χ2v) is 15.7. The maximum atomic E-state index is 7.22. The molecule has 0 fully saturated rings. The summed E-state index contributed by atoms with van der Waals surface area (Å²) in [6, 6.07) is 74.8. The Morgan fingerprint density at radius 3 is 1.54 bits per heavy atom. The molecule has 0 spiro atoms. The molecule has 0 N–H and O–H groups in total. The molecule has 274 valence electrons. The van der Waals surface area contributed by atoms with E-state index < -0.39 is 0 Å². The number of ether oxygens (including phenoxy) is 1. The minimum atomic E-state index is -0.105. The number of nitrogens with zero attached hydrogens (tertiary/aromatic N) is 3. The monoisotopic (exact) mass is 751 g/mol. The van der Waals surface area contributed by atoms with Gasteiger partial charge in [0, 0.05) is 61.4 Å². The third kappa shape index (κ3) is 4.67. The fourth-order valence-electron chi connectivity index (χ4n) is 10.1. The predicted molar refractivity (Wildman–Crippen MR) is 246 cm³/mol. The van der Waals surface area contributed by atoms with Crippen molar-refractivity contribution in [2.24, 2.45) is 0 Å². The Hall–Kier alpha value is -7.76. The van der Waals surface area contributed by atoms with Crippen molar-refractivity contribution in [3.05, 3.63) is 206 Å². The summed E-state index contributed by atoms with van der Waals surface area (Å²) < 4.78 is 12.0. The molecule has 0 amide bonds. The third-order valence-electron chi connectivity index (χ3n) is 12.5. The van der Waals surface area contributed by atoms with Crippen molar-refractivity contribution in [1.29, 1.82) is 0 Å². The van der Waals surface area contributed by atoms with Gasteiger partial charge in [-0.1, -0.05) is 127 Å². The molecule has 4 heterocycles. The van der Waals surface area contributed by atoms with Crippen LogP contribution in [0, 0.1) is 0 Å². The molecule has 0 aliphatic carbocycles. The molecule has 13 rings (SSSR count). The maximum Gasteiger partial charge on any atom is 0.336 e. The lowest BCUT2D eigenvalue weighted by atomic mass is 9.44. The lowest BCUT2D eigenvalue weighted by Crippen LogP contribution is -2.59. The highest BCUT2D eigenvalue weighted by atomic mass is 16.5. The third-order valence-corrected chi connectivity index (χ3v) is 12.5. The highest BCUT2D eigenvalue weighted by Crippen LogP contribution is 2.46. The van der Waals surface area contributed by atoms with Gasteiger partial charge in [-0.3, -0.25) is 0 Å². The molecule has 0 atom stereocenters. The molecule has 59 heavy (non-hydrogen) atoms. The number of hydrogen-bond donors (Lipinski definition) is 0. The number of anilines is 2. The van der Waals surface area contributed by atoms with Gasteiger partial charge in [-0.2, -0.15) is 0 Å². The van der Waals surface area contributed by atoms with Gasteiger partial charge in [-0.15, -0.1) is 0 Å². The van der Waals surface area contributed by atoms with Gasteiger partial charge >= 0.3 is 6.85 Å². The highest BCUT2D eigenvalue weighted by molar-refractivity contribution is 6.92. The van der Waals surface area contributed by atoms with Crippen LogP contribution in [0.3, 0.4) is 0 Å². The number of fused-ring (bicyclic) bond motifs is 10. The number of rotatable bonds is 4. The Balaban J connectivity index is 1.04. The van der Waals surface area contributed by atoms with E-state index in [1.54, 1.807) is 0 Å². The quantitative estimate of drug-likeness (QED) is 0.167. The molecule has 0 bridgehead atoms. The topological polar surface area (TPSA) is 22.3 Å². The average Bonchev–Trinajstić information content (AvgIpc) is 3.82. The van der Waals surface area contributed by atoms with E-state index in [4.69, 9.17) is 4.74 Å². The van der Waals surface area contributed by atoms with Crippen LogP contribution in [0.2, 0.25) is 0 Å². The zero-order valence-electron chi connectivity index (χ0n) is 32.0. The number of aromatic nitrogens is 2. The zero-order chi connectivity index (χ0) is 38.6. The van der Waals surface area contributed by atoms with Crippen molar-refractivity contribution < 1.29 is 4.74 Å². The minimum absolute atomic E-state index is 0.105. The van der Waals surface area contributed by atoms with E-state index in [-0.39, 0.29) is 6.85 Å². The molecule has 2 aromatic heterocycles. The van der Waals surface area contributed by atoms with E-state index in [1.165, 1.54) is 65.9 Å². The van der Waals surface area contributed by atoms with Crippen LogP contribution in [-0.2, 0) is 0 Å². The fourth-order valence-corrected chi connectivity index (χ4v) is 10.1. The molecule has 5 heteroatoms. The van der Waals surface area contributed by atoms with Crippen LogP contribution in [0.1, 0.15) is 0 Å². The summed E-state index contributed by atoms with van der Waals surface area (Å²) in [4.78, 5) is 2.51. The molecule has 9 aromatic carbocycles. The summed E-state index contributed by atoms with van der Waals surface area (Å²) in [5.41, 5.74) is 16.2. The Labute approximate surface area is 341 Å². The van der Waals surface area contributed by atoms with Crippen LogP contribution in [0.4, 0.5) is 11.4 Å². The maximum absolute atomic E-state index is 7.22. The Morgan fingerprint density at radius 1 is 0.356 bits per heavy atom. The molecular weight excluding hydrogens is 717 g/mol. The molecule has 0 radical (unpaired) electrons. The molecule has 0 unspecified atom stereocenters. The number of benzene rings is 9. The van der Waals surface area contributed by atoms with Crippen LogP contribution < -0.4 is 20.5 Å². The minimum Gasteiger partial charge on any atom is -0.458 e. The first-order valence-corrected chi connectivity index (χ1v) is 20.3. The van der Waals surface area contributed by atoms with E-state index in [0.717, 1.165) is 45.2 Å². The number of hydrogen-bond acceptors (Lipinski definition) is 2. The Kier molecular flexibility index (Phi) is 6.78. The largest absolute Gasteiger partial charge is 0.458 e. The summed E-state index contributed by atoms with van der Waals surface area (Å²) in [5.74, 6) is 1.75. The normalized spacial score (nSPS) is 12.8. The van der Waals surface area contributed by atoms with Gasteiger partial charge in [0.2, 0.25) is 0 Å². The predicted octanol–water partition coefficient (Wildman–Crippen LogP) is 12.6. The molecule has 0 saturated heterocycles. The Morgan fingerprint density at radius 2 is 0.898 bits per heavy atom. The van der Waals surface area contributed by atoms with E-state index in [1.807, 2.05) is 0 Å². The van der Waals surface area contributed by atoms with Crippen molar-refractivity contribution in [3.8, 4) is 45.1 Å². The second kappa shape index (κ2) is 12.4. The van der Waals surface area contributed by atoms with Gasteiger partial charge in [0.1, 0.15) is 11.5 Å². The summed E-state index contributed by atoms with van der Waals surface area (Å²) >= 11 is 0. The van der Waals surface area contributed by atoms with Gasteiger partial charge in [-0.05, 0) is 94.9 Å². The molecule has 2 aliphatic heterocycles.